The van der Waals surface area contributed by atoms with Crippen molar-refractivity contribution < 1.29 is 34.8 Å². The fourth-order valence-electron chi connectivity index (χ4n) is 8.62. The first-order valence-electron chi connectivity index (χ1n) is 19.6. The van der Waals surface area contributed by atoms with Crippen LogP contribution in [0, 0.1) is 11.6 Å². The number of alkyl halides is 4. The molecule has 11 nitrogen and oxygen atoms in total. The fourth-order valence-corrected chi connectivity index (χ4v) is 9.36. The number of anilines is 1. The molecule has 3 aliphatic rings. The molecule has 5 aromatic rings. The second-order valence-electron chi connectivity index (χ2n) is 16.4. The van der Waals surface area contributed by atoms with E-state index in [4.69, 9.17) is 27.3 Å². The summed E-state index contributed by atoms with van der Waals surface area (Å²) in [5.74, 6) is -5.05. The van der Waals surface area contributed by atoms with Gasteiger partial charge in [0.2, 0.25) is 15.9 Å². The number of aromatic nitrogens is 5. The first-order chi connectivity index (χ1) is 27.8. The van der Waals surface area contributed by atoms with Crippen LogP contribution < -0.4 is 16.0 Å². The van der Waals surface area contributed by atoms with Crippen LogP contribution in [0.2, 0.25) is 5.02 Å². The van der Waals surface area contributed by atoms with Crippen molar-refractivity contribution in [3.05, 3.63) is 86.1 Å². The standard InChI is InChI=1S/C40H43ClF6N8O3S/c1-20(53-18-26(44)15-27(45)19-53)17-54-35-32(6-5-29(41)34(35)37(51-54)52-59(2,57)58)55-38(30(48)13-21-11-24(42)14-25(43)12-21)50-36-33(39(55)56)28(22-3-4-22)16-31(49-36)23-7-9-40(46,47)10-8-23/h5-6,11-12,14,16,20,22-23,26-27,30H,3-4,7-10,13,15,17-19,48H2,1-2H3,(H,51,52)/t20-,26-,27+,30+/m1/s1. The van der Waals surface area contributed by atoms with Gasteiger partial charge in [0.25, 0.3) is 5.56 Å². The molecule has 59 heavy (non-hydrogen) atoms. The molecule has 8 rings (SSSR count). The molecule has 0 radical (unpaired) electrons. The van der Waals surface area contributed by atoms with Crippen LogP contribution in [0.15, 0.2) is 41.2 Å². The molecule has 2 saturated carbocycles. The smallest absolute Gasteiger partial charge is 0.268 e. The molecule has 2 aliphatic carbocycles. The molecule has 4 atom stereocenters. The summed E-state index contributed by atoms with van der Waals surface area (Å²) < 4.78 is 117. The molecule has 1 saturated heterocycles. The first-order valence-corrected chi connectivity index (χ1v) is 21.9. The van der Waals surface area contributed by atoms with Crippen molar-refractivity contribution in [3.8, 4) is 5.69 Å². The number of rotatable bonds is 11. The van der Waals surface area contributed by atoms with E-state index in [0.29, 0.717) is 17.3 Å². The maximum atomic E-state index is 15.3. The average Bonchev–Trinajstić information content (AvgIpc) is 3.92. The Morgan fingerprint density at radius 3 is 2.25 bits per heavy atom. The molecule has 0 unspecified atom stereocenters. The van der Waals surface area contributed by atoms with Gasteiger partial charge in [-0.3, -0.25) is 23.7 Å². The van der Waals surface area contributed by atoms with Gasteiger partial charge in [0, 0.05) is 56.1 Å². The Hall–Kier alpha value is -4.26. The Bertz CT molecular complexity index is 2580. The number of piperidine rings is 1. The van der Waals surface area contributed by atoms with Crippen LogP contribution in [0.3, 0.4) is 0 Å². The third kappa shape index (κ3) is 8.68. The zero-order valence-electron chi connectivity index (χ0n) is 32.2. The molecule has 19 heteroatoms. The van der Waals surface area contributed by atoms with E-state index in [1.807, 2.05) is 6.07 Å². The third-order valence-corrected chi connectivity index (χ3v) is 12.4. The van der Waals surface area contributed by atoms with E-state index in [9.17, 15) is 34.8 Å². The summed E-state index contributed by atoms with van der Waals surface area (Å²) in [4.78, 5) is 26.6. The van der Waals surface area contributed by atoms with Gasteiger partial charge in [0.1, 0.15) is 29.8 Å². The number of fused-ring (bicyclic) bond motifs is 2. The lowest BCUT2D eigenvalue weighted by Gasteiger charge is -2.35. The van der Waals surface area contributed by atoms with Crippen LogP contribution in [0.25, 0.3) is 27.6 Å². The predicted octanol–water partition coefficient (Wildman–Crippen LogP) is 7.62. The summed E-state index contributed by atoms with van der Waals surface area (Å²) in [5, 5.41) is 4.92. The molecular weight excluding hydrogens is 822 g/mol. The minimum Gasteiger partial charge on any atom is -0.321 e. The molecule has 0 bridgehead atoms. The number of hydrogen-bond donors (Lipinski definition) is 2. The minimum absolute atomic E-state index is 0.0346. The molecule has 2 aromatic carbocycles. The van der Waals surface area contributed by atoms with Crippen molar-refractivity contribution in [1.29, 1.82) is 0 Å². The van der Waals surface area contributed by atoms with Crippen molar-refractivity contribution in [2.75, 3.05) is 24.1 Å². The second-order valence-corrected chi connectivity index (χ2v) is 18.5. The number of nitrogens with two attached hydrogens (primary N) is 1. The first kappa shape index (κ1) is 41.5. The number of nitrogens with one attached hydrogen (secondary N) is 1. The van der Waals surface area contributed by atoms with Crippen LogP contribution in [0.4, 0.5) is 32.2 Å². The summed E-state index contributed by atoms with van der Waals surface area (Å²) in [7, 11) is -3.95. The summed E-state index contributed by atoms with van der Waals surface area (Å²) in [6.45, 7) is 1.62. The third-order valence-electron chi connectivity index (χ3n) is 11.6. The van der Waals surface area contributed by atoms with Crippen LogP contribution in [-0.4, -0.2) is 81.3 Å². The van der Waals surface area contributed by atoms with Gasteiger partial charge < -0.3 is 5.73 Å². The highest BCUT2D eigenvalue weighted by molar-refractivity contribution is 7.92. The number of sulfonamides is 1. The van der Waals surface area contributed by atoms with Gasteiger partial charge in [-0.25, -0.2) is 44.7 Å². The van der Waals surface area contributed by atoms with Crippen molar-refractivity contribution in [3.63, 3.8) is 0 Å². The highest BCUT2D eigenvalue weighted by Gasteiger charge is 2.38. The normalized spacial score (nSPS) is 21.6. The topological polar surface area (TPSA) is 141 Å². The number of benzene rings is 2. The molecule has 3 fully saturated rings. The van der Waals surface area contributed by atoms with Crippen molar-refractivity contribution in [2.24, 2.45) is 5.73 Å². The average molecular weight is 865 g/mol. The van der Waals surface area contributed by atoms with Gasteiger partial charge in [-0.05, 0) is 86.4 Å². The summed E-state index contributed by atoms with van der Waals surface area (Å²) in [5.41, 5.74) is 7.91. The molecule has 316 valence electrons. The lowest BCUT2D eigenvalue weighted by Crippen LogP contribution is -2.48. The maximum Gasteiger partial charge on any atom is 0.268 e. The highest BCUT2D eigenvalue weighted by atomic mass is 35.5. The predicted molar refractivity (Wildman–Crippen MR) is 212 cm³/mol. The van der Waals surface area contributed by atoms with Gasteiger partial charge >= 0.3 is 0 Å². The Morgan fingerprint density at radius 2 is 1.63 bits per heavy atom. The maximum absolute atomic E-state index is 15.3. The van der Waals surface area contributed by atoms with Gasteiger partial charge in [-0.2, -0.15) is 5.10 Å². The van der Waals surface area contributed by atoms with Gasteiger partial charge in [-0.1, -0.05) is 11.6 Å². The van der Waals surface area contributed by atoms with Crippen LogP contribution >= 0.6 is 11.6 Å². The summed E-state index contributed by atoms with van der Waals surface area (Å²) in [6, 6.07) is 5.95. The largest absolute Gasteiger partial charge is 0.321 e. The van der Waals surface area contributed by atoms with Crippen molar-refractivity contribution in [1.82, 2.24) is 29.2 Å². The van der Waals surface area contributed by atoms with Gasteiger partial charge in [0.05, 0.1) is 45.8 Å². The Kier molecular flexibility index (Phi) is 11.0. The Morgan fingerprint density at radius 1 is 0.966 bits per heavy atom. The van der Waals surface area contributed by atoms with Gasteiger partial charge in [0.15, 0.2) is 11.5 Å². The molecule has 1 aliphatic heterocycles. The van der Waals surface area contributed by atoms with E-state index in [0.717, 1.165) is 31.2 Å². The second kappa shape index (κ2) is 15.6. The lowest BCUT2D eigenvalue weighted by molar-refractivity contribution is -0.0384. The SMILES string of the molecule is C[C@H](Cn1nc(NS(C)(=O)=O)c2c(Cl)ccc(-n3c([C@@H](N)Cc4cc(F)cc(F)c4)nc4nc(C5CCC(F)(F)CC5)cc(C5CC5)c4c3=O)c21)N1C[C@H](F)C[C@H](F)C1. The highest BCUT2D eigenvalue weighted by Crippen LogP contribution is 2.46. The van der Waals surface area contributed by atoms with E-state index >= 15 is 4.79 Å². The monoisotopic (exact) mass is 864 g/mol. The van der Waals surface area contributed by atoms with Gasteiger partial charge in [-0.15, -0.1) is 0 Å². The Labute approximate surface area is 341 Å². The molecule has 4 heterocycles. The van der Waals surface area contributed by atoms with E-state index in [2.05, 4.69) is 9.82 Å². The lowest BCUT2D eigenvalue weighted by atomic mass is 9.84. The summed E-state index contributed by atoms with van der Waals surface area (Å²) in [6.07, 6.45) is -1.01. The Balaban J connectivity index is 1.37. The van der Waals surface area contributed by atoms with Crippen molar-refractivity contribution in [2.45, 2.75) is 107 Å². The number of halogens is 7. The zero-order chi connectivity index (χ0) is 42.1. The number of pyridine rings is 1. The van der Waals surface area contributed by atoms with E-state index in [-0.39, 0.29) is 120 Å². The van der Waals surface area contributed by atoms with Crippen LogP contribution in [-0.2, 0) is 23.0 Å². The fraction of sp³-hybridized carbons (Fsp3) is 0.500. The molecule has 0 amide bonds. The van der Waals surface area contributed by atoms with E-state index in [1.54, 1.807) is 11.8 Å². The number of hydrogen-bond acceptors (Lipinski definition) is 8. The quantitative estimate of drug-likeness (QED) is 0.129. The summed E-state index contributed by atoms with van der Waals surface area (Å²) >= 11 is 6.79. The molecule has 3 aromatic heterocycles. The van der Waals surface area contributed by atoms with E-state index < -0.39 is 57.6 Å². The van der Waals surface area contributed by atoms with Crippen LogP contribution in [0.1, 0.15) is 92.4 Å². The molecule has 3 N–H and O–H groups in total. The molecule has 0 spiro atoms. The zero-order valence-corrected chi connectivity index (χ0v) is 33.8. The number of likely N-dealkylation sites (tertiary alicyclic amines) is 1. The number of nitrogens with zero attached hydrogens (tertiary/aromatic N) is 6. The van der Waals surface area contributed by atoms with Crippen LogP contribution in [0.5, 0.6) is 0 Å². The van der Waals surface area contributed by atoms with Crippen molar-refractivity contribution >= 4 is 49.4 Å². The molecular formula is C40H43ClF6N8O3S. The minimum atomic E-state index is -3.95. The van der Waals surface area contributed by atoms with E-state index in [1.165, 1.54) is 21.4 Å².